The molecule has 0 fully saturated rings. The highest BCUT2D eigenvalue weighted by Crippen LogP contribution is 1.94. The van der Waals surface area contributed by atoms with Gasteiger partial charge in [0.05, 0.1) is 6.54 Å². The van der Waals surface area contributed by atoms with Gasteiger partial charge in [0, 0.05) is 12.6 Å². The smallest absolute Gasteiger partial charge is 0.234 e. The molecule has 0 aromatic rings. The van der Waals surface area contributed by atoms with Crippen LogP contribution >= 0.6 is 0 Å². The molecule has 0 heterocycles. The number of amides is 1. The van der Waals surface area contributed by atoms with Crippen molar-refractivity contribution in [2.75, 3.05) is 19.7 Å². The van der Waals surface area contributed by atoms with Gasteiger partial charge in [0.25, 0.3) is 0 Å². The zero-order valence-electron chi connectivity index (χ0n) is 9.18. The average Bonchev–Trinajstić information content (AvgIpc) is 2.15. The molecule has 0 rings (SSSR count). The minimum absolute atomic E-state index is 0.0314. The molecule has 0 saturated carbocycles. The molecule has 3 N–H and O–H groups in total. The van der Waals surface area contributed by atoms with E-state index in [1.165, 1.54) is 0 Å². The van der Waals surface area contributed by atoms with Crippen LogP contribution in [-0.4, -0.2) is 36.8 Å². The summed E-state index contributed by atoms with van der Waals surface area (Å²) >= 11 is 0. The summed E-state index contributed by atoms with van der Waals surface area (Å²) in [7, 11) is 0. The molecule has 14 heavy (non-hydrogen) atoms. The van der Waals surface area contributed by atoms with Crippen LogP contribution in [0.1, 0.15) is 33.1 Å². The number of carbonyl (C=O) groups is 1. The lowest BCUT2D eigenvalue weighted by Gasteiger charge is -2.13. The van der Waals surface area contributed by atoms with Crippen LogP contribution in [0.25, 0.3) is 0 Å². The first kappa shape index (κ1) is 13.4. The Morgan fingerprint density at radius 3 is 2.79 bits per heavy atom. The molecule has 4 heteroatoms. The van der Waals surface area contributed by atoms with Crippen LogP contribution in [0.4, 0.5) is 0 Å². The topological polar surface area (TPSA) is 61.4 Å². The van der Waals surface area contributed by atoms with Crippen LogP contribution < -0.4 is 10.6 Å². The van der Waals surface area contributed by atoms with E-state index in [0.717, 1.165) is 25.8 Å². The van der Waals surface area contributed by atoms with Crippen molar-refractivity contribution in [2.24, 2.45) is 0 Å². The van der Waals surface area contributed by atoms with E-state index >= 15 is 0 Å². The molecule has 1 unspecified atom stereocenters. The third-order valence-electron chi connectivity index (χ3n) is 1.91. The monoisotopic (exact) mass is 202 g/mol. The van der Waals surface area contributed by atoms with Gasteiger partial charge in [-0.1, -0.05) is 6.92 Å². The molecule has 84 valence electrons. The lowest BCUT2D eigenvalue weighted by molar-refractivity contribution is -0.120. The van der Waals surface area contributed by atoms with Gasteiger partial charge in [0.2, 0.25) is 5.91 Å². The number of hydrogen-bond acceptors (Lipinski definition) is 3. The zero-order chi connectivity index (χ0) is 10.8. The fourth-order valence-electron chi connectivity index (χ4n) is 1.17. The van der Waals surface area contributed by atoms with Gasteiger partial charge in [-0.15, -0.1) is 0 Å². The number of nitrogens with one attached hydrogen (secondary N) is 2. The molecule has 0 spiro atoms. The second kappa shape index (κ2) is 8.97. The van der Waals surface area contributed by atoms with E-state index in [1.807, 2.05) is 6.92 Å². The number of aliphatic hydroxyl groups excluding tert-OH is 1. The molecular weight excluding hydrogens is 180 g/mol. The minimum atomic E-state index is 0.0314. The SMILES string of the molecule is CCCNCC(=O)NC(C)CCCO. The molecule has 0 aliphatic heterocycles. The van der Waals surface area contributed by atoms with Crippen molar-refractivity contribution in [1.29, 1.82) is 0 Å². The van der Waals surface area contributed by atoms with Gasteiger partial charge in [0.15, 0.2) is 0 Å². The van der Waals surface area contributed by atoms with E-state index in [0.29, 0.717) is 6.54 Å². The zero-order valence-corrected chi connectivity index (χ0v) is 9.18. The Kier molecular flexibility index (Phi) is 8.57. The average molecular weight is 202 g/mol. The van der Waals surface area contributed by atoms with Crippen molar-refractivity contribution in [2.45, 2.75) is 39.2 Å². The predicted octanol–water partition coefficient (Wildman–Crippen LogP) is 0.263. The molecule has 0 saturated heterocycles. The number of aliphatic hydroxyl groups is 1. The fourth-order valence-corrected chi connectivity index (χ4v) is 1.17. The van der Waals surface area contributed by atoms with Gasteiger partial charge in [-0.2, -0.15) is 0 Å². The molecule has 0 aromatic heterocycles. The van der Waals surface area contributed by atoms with E-state index in [1.54, 1.807) is 0 Å². The van der Waals surface area contributed by atoms with Crippen LogP contribution in [0.5, 0.6) is 0 Å². The molecule has 4 nitrogen and oxygen atoms in total. The van der Waals surface area contributed by atoms with Gasteiger partial charge < -0.3 is 15.7 Å². The Hall–Kier alpha value is -0.610. The van der Waals surface area contributed by atoms with Gasteiger partial charge in [-0.25, -0.2) is 0 Å². The van der Waals surface area contributed by atoms with Crippen LogP contribution in [0, 0.1) is 0 Å². The van der Waals surface area contributed by atoms with Crippen molar-refractivity contribution in [3.8, 4) is 0 Å². The van der Waals surface area contributed by atoms with Gasteiger partial charge >= 0.3 is 0 Å². The highest BCUT2D eigenvalue weighted by atomic mass is 16.2. The van der Waals surface area contributed by atoms with E-state index in [9.17, 15) is 4.79 Å². The molecular formula is C10H22N2O2. The lowest BCUT2D eigenvalue weighted by Crippen LogP contribution is -2.39. The van der Waals surface area contributed by atoms with Crippen LogP contribution in [-0.2, 0) is 4.79 Å². The van der Waals surface area contributed by atoms with Crippen molar-refractivity contribution >= 4 is 5.91 Å². The second-order valence-corrected chi connectivity index (χ2v) is 3.51. The Bertz CT molecular complexity index is 151. The Morgan fingerprint density at radius 2 is 2.21 bits per heavy atom. The maximum Gasteiger partial charge on any atom is 0.234 e. The van der Waals surface area contributed by atoms with E-state index in [4.69, 9.17) is 5.11 Å². The summed E-state index contributed by atoms with van der Waals surface area (Å²) in [6.07, 6.45) is 2.60. The molecule has 1 atom stereocenters. The summed E-state index contributed by atoms with van der Waals surface area (Å²) in [6.45, 7) is 5.46. The third-order valence-corrected chi connectivity index (χ3v) is 1.91. The molecule has 0 radical (unpaired) electrons. The number of carbonyl (C=O) groups excluding carboxylic acids is 1. The normalized spacial score (nSPS) is 12.5. The van der Waals surface area contributed by atoms with Crippen molar-refractivity contribution in [3.63, 3.8) is 0 Å². The van der Waals surface area contributed by atoms with Crippen LogP contribution in [0.3, 0.4) is 0 Å². The maximum atomic E-state index is 11.3. The number of hydrogen-bond donors (Lipinski definition) is 3. The lowest BCUT2D eigenvalue weighted by atomic mass is 10.2. The molecule has 0 bridgehead atoms. The predicted molar refractivity (Wildman–Crippen MR) is 57.1 cm³/mol. The van der Waals surface area contributed by atoms with Gasteiger partial charge in [-0.05, 0) is 32.7 Å². The standard InChI is InChI=1S/C10H22N2O2/c1-3-6-11-8-10(14)12-9(2)5-4-7-13/h9,11,13H,3-8H2,1-2H3,(H,12,14). The number of rotatable bonds is 8. The van der Waals surface area contributed by atoms with Crippen molar-refractivity contribution in [1.82, 2.24) is 10.6 Å². The maximum absolute atomic E-state index is 11.3. The quantitative estimate of drug-likeness (QED) is 0.495. The molecule has 0 aliphatic carbocycles. The van der Waals surface area contributed by atoms with E-state index in [2.05, 4.69) is 17.6 Å². The highest BCUT2D eigenvalue weighted by Gasteiger charge is 2.05. The summed E-state index contributed by atoms with van der Waals surface area (Å²) in [4.78, 5) is 11.3. The van der Waals surface area contributed by atoms with E-state index in [-0.39, 0.29) is 18.6 Å². The molecule has 1 amide bonds. The first-order valence-electron chi connectivity index (χ1n) is 5.31. The first-order valence-corrected chi connectivity index (χ1v) is 5.31. The summed E-state index contributed by atoms with van der Waals surface area (Å²) in [5.41, 5.74) is 0. The van der Waals surface area contributed by atoms with Crippen LogP contribution in [0.15, 0.2) is 0 Å². The molecule has 0 aliphatic rings. The summed E-state index contributed by atoms with van der Waals surface area (Å²) in [5, 5.41) is 14.5. The van der Waals surface area contributed by atoms with Crippen LogP contribution in [0.2, 0.25) is 0 Å². The van der Waals surface area contributed by atoms with Gasteiger partial charge in [0.1, 0.15) is 0 Å². The first-order chi connectivity index (χ1) is 6.70. The fraction of sp³-hybridized carbons (Fsp3) is 0.900. The van der Waals surface area contributed by atoms with Crippen molar-refractivity contribution < 1.29 is 9.90 Å². The Balaban J connectivity index is 3.40. The summed E-state index contributed by atoms with van der Waals surface area (Å²) < 4.78 is 0. The summed E-state index contributed by atoms with van der Waals surface area (Å²) in [5.74, 6) is 0.0314. The Labute approximate surface area is 86.1 Å². The highest BCUT2D eigenvalue weighted by molar-refractivity contribution is 5.78. The van der Waals surface area contributed by atoms with Crippen molar-refractivity contribution in [3.05, 3.63) is 0 Å². The molecule has 0 aromatic carbocycles. The van der Waals surface area contributed by atoms with E-state index < -0.39 is 0 Å². The third kappa shape index (κ3) is 8.01. The largest absolute Gasteiger partial charge is 0.396 e. The second-order valence-electron chi connectivity index (χ2n) is 3.51. The summed E-state index contributed by atoms with van der Waals surface area (Å²) in [6, 6.07) is 0.151. The Morgan fingerprint density at radius 1 is 1.50 bits per heavy atom. The van der Waals surface area contributed by atoms with Gasteiger partial charge in [-0.3, -0.25) is 4.79 Å². The minimum Gasteiger partial charge on any atom is -0.396 e.